The van der Waals surface area contributed by atoms with E-state index in [-0.39, 0.29) is 24.4 Å². The number of hydrogen-bond donors (Lipinski definition) is 1. The van der Waals surface area contributed by atoms with Crippen LogP contribution in [0.15, 0.2) is 48.5 Å². The predicted octanol–water partition coefficient (Wildman–Crippen LogP) is 2.80. The zero-order valence-corrected chi connectivity index (χ0v) is 15.6. The van der Waals surface area contributed by atoms with Gasteiger partial charge in [0.2, 0.25) is 5.91 Å². The Hall–Kier alpha value is -3.02. The number of ether oxygens (including phenoxy) is 2. The summed E-state index contributed by atoms with van der Waals surface area (Å²) < 4.78 is 10.4. The van der Waals surface area contributed by atoms with Crippen molar-refractivity contribution >= 4 is 11.8 Å². The molecule has 6 heteroatoms. The SMILES string of the molecule is COc1cc(OC)cc(C(=O)NCC(=O)N2CCC[C@H]2c2ccccc2)c1. The number of carbonyl (C=O) groups is 2. The largest absolute Gasteiger partial charge is 0.497 e. The Morgan fingerprint density at radius 2 is 1.74 bits per heavy atom. The van der Waals surface area contributed by atoms with Gasteiger partial charge in [-0.25, -0.2) is 0 Å². The molecule has 1 saturated heterocycles. The van der Waals surface area contributed by atoms with Crippen LogP contribution < -0.4 is 14.8 Å². The number of amides is 2. The van der Waals surface area contributed by atoms with Gasteiger partial charge in [0, 0.05) is 18.2 Å². The van der Waals surface area contributed by atoms with Crippen molar-refractivity contribution in [1.82, 2.24) is 10.2 Å². The zero-order chi connectivity index (χ0) is 19.2. The molecule has 0 bridgehead atoms. The van der Waals surface area contributed by atoms with Gasteiger partial charge in [0.15, 0.2) is 0 Å². The highest BCUT2D eigenvalue weighted by molar-refractivity contribution is 5.97. The Morgan fingerprint density at radius 1 is 1.07 bits per heavy atom. The van der Waals surface area contributed by atoms with E-state index in [1.54, 1.807) is 18.2 Å². The molecule has 0 radical (unpaired) electrons. The van der Waals surface area contributed by atoms with Crippen LogP contribution in [0, 0.1) is 0 Å². The fraction of sp³-hybridized carbons (Fsp3) is 0.333. The van der Waals surface area contributed by atoms with Crippen LogP contribution in [0.1, 0.15) is 34.8 Å². The number of benzene rings is 2. The van der Waals surface area contributed by atoms with Crippen LogP contribution in [-0.4, -0.2) is 44.0 Å². The van der Waals surface area contributed by atoms with Crippen LogP contribution in [0.3, 0.4) is 0 Å². The Labute approximate surface area is 159 Å². The molecule has 1 atom stereocenters. The van der Waals surface area contributed by atoms with Gasteiger partial charge in [-0.2, -0.15) is 0 Å². The number of nitrogens with zero attached hydrogens (tertiary/aromatic N) is 1. The first-order chi connectivity index (χ1) is 13.1. The quantitative estimate of drug-likeness (QED) is 0.851. The summed E-state index contributed by atoms with van der Waals surface area (Å²) in [5.41, 5.74) is 1.52. The van der Waals surface area contributed by atoms with Gasteiger partial charge in [0.05, 0.1) is 26.8 Å². The lowest BCUT2D eigenvalue weighted by Gasteiger charge is -2.25. The van der Waals surface area contributed by atoms with Crippen molar-refractivity contribution < 1.29 is 19.1 Å². The van der Waals surface area contributed by atoms with Gasteiger partial charge in [-0.15, -0.1) is 0 Å². The molecule has 27 heavy (non-hydrogen) atoms. The van der Waals surface area contributed by atoms with Crippen LogP contribution in [-0.2, 0) is 4.79 Å². The Morgan fingerprint density at radius 3 is 2.37 bits per heavy atom. The van der Waals surface area contributed by atoms with Crippen molar-refractivity contribution in [3.8, 4) is 11.5 Å². The molecule has 0 spiro atoms. The van der Waals surface area contributed by atoms with Crippen molar-refractivity contribution in [1.29, 1.82) is 0 Å². The normalized spacial score (nSPS) is 16.1. The molecule has 0 aromatic heterocycles. The van der Waals surface area contributed by atoms with Gasteiger partial charge in [-0.1, -0.05) is 30.3 Å². The van der Waals surface area contributed by atoms with Crippen molar-refractivity contribution in [2.24, 2.45) is 0 Å². The number of likely N-dealkylation sites (tertiary alicyclic amines) is 1. The zero-order valence-electron chi connectivity index (χ0n) is 15.6. The molecule has 0 unspecified atom stereocenters. The molecule has 2 aromatic rings. The molecule has 1 N–H and O–H groups in total. The third kappa shape index (κ3) is 4.39. The van der Waals surface area contributed by atoms with E-state index >= 15 is 0 Å². The first-order valence-electron chi connectivity index (χ1n) is 8.98. The summed E-state index contributed by atoms with van der Waals surface area (Å²) in [6, 6.07) is 15.0. The van der Waals surface area contributed by atoms with E-state index in [1.807, 2.05) is 35.2 Å². The minimum Gasteiger partial charge on any atom is -0.497 e. The Kier molecular flexibility index (Phi) is 5.96. The number of rotatable bonds is 6. The second-order valence-electron chi connectivity index (χ2n) is 6.44. The fourth-order valence-corrected chi connectivity index (χ4v) is 3.38. The highest BCUT2D eigenvalue weighted by Crippen LogP contribution is 2.31. The first-order valence-corrected chi connectivity index (χ1v) is 8.98. The number of carbonyl (C=O) groups excluding carboxylic acids is 2. The monoisotopic (exact) mass is 368 g/mol. The maximum absolute atomic E-state index is 12.7. The molecule has 6 nitrogen and oxygen atoms in total. The van der Waals surface area contributed by atoms with Crippen molar-refractivity contribution in [3.63, 3.8) is 0 Å². The van der Waals surface area contributed by atoms with Gasteiger partial charge in [0.25, 0.3) is 5.91 Å². The predicted molar refractivity (Wildman–Crippen MR) is 102 cm³/mol. The average Bonchev–Trinajstić information content (AvgIpc) is 3.22. The lowest BCUT2D eigenvalue weighted by molar-refractivity contribution is -0.131. The standard InChI is InChI=1S/C21H24N2O4/c1-26-17-11-16(12-18(13-17)27-2)21(25)22-14-20(24)23-10-6-9-19(23)15-7-4-3-5-8-15/h3-5,7-8,11-13,19H,6,9-10,14H2,1-2H3,(H,22,25)/t19-/m0/s1. The summed E-state index contributed by atoms with van der Waals surface area (Å²) in [6.45, 7) is 0.670. The summed E-state index contributed by atoms with van der Waals surface area (Å²) in [7, 11) is 3.05. The van der Waals surface area contributed by atoms with Crippen molar-refractivity contribution in [3.05, 3.63) is 59.7 Å². The Balaban J connectivity index is 1.64. The molecule has 142 valence electrons. The molecule has 3 rings (SSSR count). The molecule has 2 amide bonds. The Bertz CT molecular complexity index is 785. The van der Waals surface area contributed by atoms with Gasteiger partial charge >= 0.3 is 0 Å². The molecule has 1 aliphatic rings. The van der Waals surface area contributed by atoms with Crippen LogP contribution in [0.4, 0.5) is 0 Å². The topological polar surface area (TPSA) is 67.9 Å². The molecule has 0 aliphatic carbocycles. The van der Waals surface area contributed by atoms with E-state index in [1.165, 1.54) is 14.2 Å². The second kappa shape index (κ2) is 8.58. The van der Waals surface area contributed by atoms with Gasteiger partial charge in [0.1, 0.15) is 11.5 Å². The molecule has 0 saturated carbocycles. The summed E-state index contributed by atoms with van der Waals surface area (Å²) in [4.78, 5) is 27.0. The highest BCUT2D eigenvalue weighted by atomic mass is 16.5. The van der Waals surface area contributed by atoms with Crippen LogP contribution in [0.2, 0.25) is 0 Å². The van der Waals surface area contributed by atoms with E-state index in [0.717, 1.165) is 18.4 Å². The smallest absolute Gasteiger partial charge is 0.251 e. The number of methoxy groups -OCH3 is 2. The van der Waals surface area contributed by atoms with Crippen molar-refractivity contribution in [2.75, 3.05) is 27.3 Å². The average molecular weight is 368 g/mol. The molecule has 1 aliphatic heterocycles. The molecular weight excluding hydrogens is 344 g/mol. The minimum atomic E-state index is -0.337. The summed E-state index contributed by atoms with van der Waals surface area (Å²) in [6.07, 6.45) is 1.91. The van der Waals surface area contributed by atoms with Crippen LogP contribution in [0.25, 0.3) is 0 Å². The summed E-state index contributed by atoms with van der Waals surface area (Å²) in [5.74, 6) is 0.629. The van der Waals surface area contributed by atoms with E-state index < -0.39 is 0 Å². The fourth-order valence-electron chi connectivity index (χ4n) is 3.38. The third-order valence-electron chi connectivity index (χ3n) is 4.77. The van der Waals surface area contributed by atoms with Gasteiger partial charge in [-0.3, -0.25) is 9.59 Å². The summed E-state index contributed by atoms with van der Waals surface area (Å²) in [5, 5.41) is 2.71. The van der Waals surface area contributed by atoms with Gasteiger partial charge in [-0.05, 0) is 30.5 Å². The first kappa shape index (κ1) is 18.8. The van der Waals surface area contributed by atoms with E-state index in [4.69, 9.17) is 9.47 Å². The van der Waals surface area contributed by atoms with Crippen LogP contribution >= 0.6 is 0 Å². The molecule has 1 heterocycles. The lowest BCUT2D eigenvalue weighted by Crippen LogP contribution is -2.39. The minimum absolute atomic E-state index is 0.0400. The van der Waals surface area contributed by atoms with Crippen molar-refractivity contribution in [2.45, 2.75) is 18.9 Å². The van der Waals surface area contributed by atoms with Crippen LogP contribution in [0.5, 0.6) is 11.5 Å². The highest BCUT2D eigenvalue weighted by Gasteiger charge is 2.29. The molecular formula is C21H24N2O4. The second-order valence-corrected chi connectivity index (χ2v) is 6.44. The third-order valence-corrected chi connectivity index (χ3v) is 4.77. The number of nitrogens with one attached hydrogen (secondary N) is 1. The van der Waals surface area contributed by atoms with E-state index in [9.17, 15) is 9.59 Å². The lowest BCUT2D eigenvalue weighted by atomic mass is 10.0. The van der Waals surface area contributed by atoms with E-state index in [0.29, 0.717) is 23.6 Å². The molecule has 2 aromatic carbocycles. The maximum Gasteiger partial charge on any atom is 0.251 e. The maximum atomic E-state index is 12.7. The summed E-state index contributed by atoms with van der Waals surface area (Å²) >= 11 is 0. The van der Waals surface area contributed by atoms with Gasteiger partial charge < -0.3 is 19.7 Å². The number of hydrogen-bond acceptors (Lipinski definition) is 4. The van der Waals surface area contributed by atoms with E-state index in [2.05, 4.69) is 5.32 Å². The molecule has 1 fully saturated rings.